The molecule has 1 unspecified atom stereocenters. The molecule has 0 aliphatic carbocycles. The predicted octanol–water partition coefficient (Wildman–Crippen LogP) is 3.10. The Balaban J connectivity index is 2.26. The van der Waals surface area contributed by atoms with E-state index in [1.54, 1.807) is 30.8 Å². The summed E-state index contributed by atoms with van der Waals surface area (Å²) in [4.78, 5) is 70.3. The molecule has 13 nitrogen and oxygen atoms in total. The lowest BCUT2D eigenvalue weighted by Gasteiger charge is -2.41. The summed E-state index contributed by atoms with van der Waals surface area (Å²) in [7, 11) is 6.46. The van der Waals surface area contributed by atoms with Gasteiger partial charge in [-0.2, -0.15) is 0 Å². The average Bonchev–Trinajstić information content (AvgIpc) is 3.59. The van der Waals surface area contributed by atoms with Crippen molar-refractivity contribution in [3.63, 3.8) is 0 Å². The lowest BCUT2D eigenvalue weighted by atomic mass is 9.89. The molecule has 1 fully saturated rings. The van der Waals surface area contributed by atoms with Gasteiger partial charge in [0.05, 0.1) is 42.7 Å². The molecule has 13 heteroatoms. The molecular formula is C39H65N5O8. The van der Waals surface area contributed by atoms with Crippen LogP contribution in [0.2, 0.25) is 0 Å². The van der Waals surface area contributed by atoms with Gasteiger partial charge in [-0.1, -0.05) is 85.2 Å². The molecule has 0 bridgehead atoms. The van der Waals surface area contributed by atoms with Crippen LogP contribution in [-0.4, -0.2) is 122 Å². The van der Waals surface area contributed by atoms with Crippen molar-refractivity contribution in [2.75, 3.05) is 34.9 Å². The summed E-state index contributed by atoms with van der Waals surface area (Å²) in [6.45, 7) is 13.9. The molecule has 4 amide bonds. The quantitative estimate of drug-likeness (QED) is 0.149. The molecule has 0 radical (unpaired) electrons. The van der Waals surface area contributed by atoms with E-state index in [0.29, 0.717) is 19.4 Å². The number of likely N-dealkylation sites (tertiary alicyclic amines) is 1. The van der Waals surface area contributed by atoms with E-state index < -0.39 is 60.2 Å². The number of carboxylic acid groups (broad SMARTS) is 1. The van der Waals surface area contributed by atoms with Crippen molar-refractivity contribution < 1.29 is 38.6 Å². The number of carboxylic acids is 1. The fourth-order valence-electron chi connectivity index (χ4n) is 7.40. The van der Waals surface area contributed by atoms with E-state index in [4.69, 9.17) is 9.47 Å². The van der Waals surface area contributed by atoms with E-state index in [1.807, 2.05) is 71.9 Å². The van der Waals surface area contributed by atoms with Crippen LogP contribution in [0, 0.1) is 23.7 Å². The SMILES string of the molecule is CC[C@H](C)[C@@H]([C@@H](CC(=O)N1CCC[C@H]1[C@H](OC)[C@@H](C)C(=O)NC(Cc1ccccc1)C(=O)O)OC)N(C)C(=O)[C@@H](NC(=O)[C@@H](NC)C(C)C)C(C)C. The van der Waals surface area contributed by atoms with Gasteiger partial charge in [-0.05, 0) is 43.2 Å². The largest absolute Gasteiger partial charge is 0.480 e. The second-order valence-electron chi connectivity index (χ2n) is 14.9. The van der Waals surface area contributed by atoms with Crippen LogP contribution < -0.4 is 16.0 Å². The van der Waals surface area contributed by atoms with Crippen LogP contribution in [0.25, 0.3) is 0 Å². The lowest BCUT2D eigenvalue weighted by Crippen LogP contribution is -2.59. The van der Waals surface area contributed by atoms with Gasteiger partial charge in [0.25, 0.3) is 0 Å². The number of ether oxygens (including phenoxy) is 2. The normalized spacial score (nSPS) is 19.2. The Bertz CT molecular complexity index is 1310. The third-order valence-electron chi connectivity index (χ3n) is 10.6. The number of benzene rings is 1. The molecule has 2 rings (SSSR count). The van der Waals surface area contributed by atoms with Gasteiger partial charge >= 0.3 is 5.97 Å². The van der Waals surface area contributed by atoms with E-state index in [2.05, 4.69) is 16.0 Å². The highest BCUT2D eigenvalue weighted by molar-refractivity contribution is 5.90. The van der Waals surface area contributed by atoms with Crippen molar-refractivity contribution in [2.45, 2.75) is 123 Å². The monoisotopic (exact) mass is 731 g/mol. The zero-order chi connectivity index (χ0) is 39.3. The molecule has 1 heterocycles. The van der Waals surface area contributed by atoms with Crippen molar-refractivity contribution in [3.05, 3.63) is 35.9 Å². The zero-order valence-electron chi connectivity index (χ0n) is 33.2. The van der Waals surface area contributed by atoms with E-state index >= 15 is 0 Å². The molecule has 1 aromatic carbocycles. The van der Waals surface area contributed by atoms with Gasteiger partial charge in [0.2, 0.25) is 23.6 Å². The number of carbonyl (C=O) groups is 5. The summed E-state index contributed by atoms with van der Waals surface area (Å²) < 4.78 is 11.8. The highest BCUT2D eigenvalue weighted by atomic mass is 16.5. The Morgan fingerprint density at radius 2 is 1.54 bits per heavy atom. The van der Waals surface area contributed by atoms with E-state index in [0.717, 1.165) is 12.0 Å². The van der Waals surface area contributed by atoms with Crippen LogP contribution in [0.3, 0.4) is 0 Å². The molecule has 4 N–H and O–H groups in total. The van der Waals surface area contributed by atoms with Gasteiger partial charge in [0.15, 0.2) is 0 Å². The molecule has 1 saturated heterocycles. The number of likely N-dealkylation sites (N-methyl/N-ethyl adjacent to an activating group) is 2. The molecule has 1 aliphatic rings. The van der Waals surface area contributed by atoms with Gasteiger partial charge < -0.3 is 40.3 Å². The Kier molecular flexibility index (Phi) is 18.2. The molecule has 0 spiro atoms. The number of rotatable bonds is 21. The number of amides is 4. The number of nitrogens with zero attached hydrogens (tertiary/aromatic N) is 2. The second-order valence-corrected chi connectivity index (χ2v) is 14.9. The van der Waals surface area contributed by atoms with E-state index in [9.17, 15) is 29.1 Å². The first-order valence-electron chi connectivity index (χ1n) is 18.7. The number of aliphatic carboxylic acids is 1. The zero-order valence-corrected chi connectivity index (χ0v) is 33.2. The average molecular weight is 732 g/mol. The molecule has 9 atom stereocenters. The second kappa shape index (κ2) is 21.2. The molecular weight excluding hydrogens is 666 g/mol. The van der Waals surface area contributed by atoms with Gasteiger partial charge in [-0.3, -0.25) is 19.2 Å². The lowest BCUT2D eigenvalue weighted by molar-refractivity contribution is -0.148. The number of carbonyl (C=O) groups excluding carboxylic acids is 4. The summed E-state index contributed by atoms with van der Waals surface area (Å²) in [6.07, 6.45) is 0.818. The van der Waals surface area contributed by atoms with Crippen molar-refractivity contribution in [1.82, 2.24) is 25.8 Å². The fourth-order valence-corrected chi connectivity index (χ4v) is 7.40. The highest BCUT2D eigenvalue weighted by Crippen LogP contribution is 2.29. The van der Waals surface area contributed by atoms with Gasteiger partial charge in [-0.15, -0.1) is 0 Å². The third-order valence-corrected chi connectivity index (χ3v) is 10.6. The fraction of sp³-hybridized carbons (Fsp3) is 0.718. The van der Waals surface area contributed by atoms with Crippen LogP contribution in [0.4, 0.5) is 0 Å². The summed E-state index contributed by atoms with van der Waals surface area (Å²) in [5.41, 5.74) is 0.785. The Morgan fingerprint density at radius 3 is 2.04 bits per heavy atom. The molecule has 52 heavy (non-hydrogen) atoms. The van der Waals surface area contributed by atoms with Gasteiger partial charge in [-0.25, -0.2) is 4.79 Å². The van der Waals surface area contributed by atoms with Crippen LogP contribution in [0.15, 0.2) is 30.3 Å². The Hall–Kier alpha value is -3.55. The summed E-state index contributed by atoms with van der Waals surface area (Å²) >= 11 is 0. The summed E-state index contributed by atoms with van der Waals surface area (Å²) in [5, 5.41) is 18.5. The summed E-state index contributed by atoms with van der Waals surface area (Å²) in [5.74, 6) is -3.27. The van der Waals surface area contributed by atoms with Crippen LogP contribution in [0.5, 0.6) is 0 Å². The standard InChI is InChI=1S/C39H65N5O8/c1-12-25(6)34(43(9)38(48)33(24(4)5)42-37(47)32(40-8)23(2)3)30(51-10)22-31(45)44-20-16-19-29(44)35(52-11)26(7)36(46)41-28(39(49)50)21-27-17-14-13-15-18-27/h13-15,17-18,23-26,28-30,32-35,40H,12,16,19-22H2,1-11H3,(H,41,46)(H,42,47)(H,49,50)/t25-,26+,28?,29-,30+,32-,33-,34-,35+/m0/s1. The maximum absolute atomic E-state index is 14.1. The van der Waals surface area contributed by atoms with Crippen molar-refractivity contribution >= 4 is 29.6 Å². The molecule has 1 aliphatic heterocycles. The van der Waals surface area contributed by atoms with Gasteiger partial charge in [0, 0.05) is 34.2 Å². The predicted molar refractivity (Wildman–Crippen MR) is 200 cm³/mol. The van der Waals surface area contributed by atoms with Crippen LogP contribution in [-0.2, 0) is 39.9 Å². The van der Waals surface area contributed by atoms with Crippen LogP contribution >= 0.6 is 0 Å². The molecule has 1 aromatic rings. The maximum atomic E-state index is 14.1. The van der Waals surface area contributed by atoms with Gasteiger partial charge in [0.1, 0.15) is 12.1 Å². The third kappa shape index (κ3) is 11.7. The minimum Gasteiger partial charge on any atom is -0.480 e. The molecule has 294 valence electrons. The minimum absolute atomic E-state index is 0.0112. The minimum atomic E-state index is -1.14. The summed E-state index contributed by atoms with van der Waals surface area (Å²) in [6, 6.07) is 5.84. The molecule has 0 saturated carbocycles. The first kappa shape index (κ1) is 44.6. The topological polar surface area (TPSA) is 167 Å². The highest BCUT2D eigenvalue weighted by Gasteiger charge is 2.43. The Labute approximate surface area is 310 Å². The number of hydrogen-bond acceptors (Lipinski definition) is 8. The number of hydrogen-bond donors (Lipinski definition) is 4. The first-order valence-corrected chi connectivity index (χ1v) is 18.7. The smallest absolute Gasteiger partial charge is 0.326 e. The van der Waals surface area contributed by atoms with E-state index in [-0.39, 0.29) is 48.3 Å². The number of methoxy groups -OCH3 is 2. The Morgan fingerprint density at radius 1 is 0.923 bits per heavy atom. The van der Waals surface area contributed by atoms with Crippen molar-refractivity contribution in [2.24, 2.45) is 23.7 Å². The van der Waals surface area contributed by atoms with Crippen LogP contribution in [0.1, 0.15) is 79.7 Å². The van der Waals surface area contributed by atoms with E-state index in [1.165, 1.54) is 14.2 Å². The van der Waals surface area contributed by atoms with Crippen molar-refractivity contribution in [3.8, 4) is 0 Å². The molecule has 0 aromatic heterocycles. The number of nitrogens with one attached hydrogen (secondary N) is 3. The maximum Gasteiger partial charge on any atom is 0.326 e. The van der Waals surface area contributed by atoms with Crippen molar-refractivity contribution in [1.29, 1.82) is 0 Å². The first-order chi connectivity index (χ1) is 24.5.